The molecule has 1 aliphatic rings. The van der Waals surface area contributed by atoms with E-state index >= 15 is 0 Å². The molecule has 1 rings (SSSR count). The van der Waals surface area contributed by atoms with Crippen molar-refractivity contribution in [2.24, 2.45) is 23.5 Å². The number of ether oxygens (including phenoxy) is 1. The number of nitrogens with two attached hydrogens (primary N) is 1. The summed E-state index contributed by atoms with van der Waals surface area (Å²) < 4.78 is 6.11. The molecule has 0 aromatic carbocycles. The van der Waals surface area contributed by atoms with Crippen LogP contribution in [0.1, 0.15) is 60.3 Å². The number of hydrogen-bond acceptors (Lipinski definition) is 3. The summed E-state index contributed by atoms with van der Waals surface area (Å²) in [6.07, 6.45) is 3.80. The molecule has 4 heteroatoms. The van der Waals surface area contributed by atoms with Gasteiger partial charge in [-0.1, -0.05) is 27.7 Å². The molecule has 124 valence electrons. The van der Waals surface area contributed by atoms with Gasteiger partial charge in [0, 0.05) is 13.1 Å². The number of carbonyl (C=O) groups is 1. The van der Waals surface area contributed by atoms with Crippen molar-refractivity contribution >= 4 is 5.91 Å². The maximum atomic E-state index is 12.1. The molecule has 1 fully saturated rings. The van der Waals surface area contributed by atoms with Crippen molar-refractivity contribution in [1.29, 1.82) is 0 Å². The molecule has 21 heavy (non-hydrogen) atoms. The van der Waals surface area contributed by atoms with Crippen molar-refractivity contribution in [2.75, 3.05) is 13.1 Å². The molecule has 0 aromatic heterocycles. The van der Waals surface area contributed by atoms with E-state index in [1.54, 1.807) is 0 Å². The number of rotatable bonds is 7. The monoisotopic (exact) mass is 298 g/mol. The second kappa shape index (κ2) is 8.14. The van der Waals surface area contributed by atoms with E-state index in [1.165, 1.54) is 0 Å². The molecule has 4 nitrogen and oxygen atoms in total. The maximum Gasteiger partial charge on any atom is 0.248 e. The first-order valence-electron chi connectivity index (χ1n) is 8.45. The standard InChI is InChI=1S/C17H34N2O2/c1-12(2)10-19-16(20)14(5)21-17(11-18)8-6-15(7-9-17)13(3)4/h12-15H,6-11,18H2,1-5H3,(H,19,20). The van der Waals surface area contributed by atoms with E-state index in [0.29, 0.717) is 24.9 Å². The van der Waals surface area contributed by atoms with E-state index in [-0.39, 0.29) is 11.5 Å². The Morgan fingerprint density at radius 2 is 1.81 bits per heavy atom. The Morgan fingerprint density at radius 3 is 2.24 bits per heavy atom. The number of carbonyl (C=O) groups excluding carboxylic acids is 1. The van der Waals surface area contributed by atoms with Crippen LogP contribution in [0.4, 0.5) is 0 Å². The molecule has 1 unspecified atom stereocenters. The van der Waals surface area contributed by atoms with Gasteiger partial charge in [0.2, 0.25) is 5.91 Å². The fraction of sp³-hybridized carbons (Fsp3) is 0.941. The summed E-state index contributed by atoms with van der Waals surface area (Å²) in [5.74, 6) is 1.90. The zero-order valence-electron chi connectivity index (χ0n) is 14.4. The van der Waals surface area contributed by atoms with Crippen LogP contribution in [0.2, 0.25) is 0 Å². The van der Waals surface area contributed by atoms with Gasteiger partial charge in [-0.05, 0) is 50.4 Å². The van der Waals surface area contributed by atoms with Crippen LogP contribution in [0, 0.1) is 17.8 Å². The van der Waals surface area contributed by atoms with Crippen molar-refractivity contribution in [2.45, 2.75) is 72.0 Å². The third kappa shape index (κ3) is 5.59. The first-order chi connectivity index (χ1) is 9.79. The molecular formula is C17H34N2O2. The molecule has 0 heterocycles. The van der Waals surface area contributed by atoms with Crippen LogP contribution < -0.4 is 11.1 Å². The van der Waals surface area contributed by atoms with Gasteiger partial charge in [0.25, 0.3) is 0 Å². The zero-order chi connectivity index (χ0) is 16.0. The zero-order valence-corrected chi connectivity index (χ0v) is 14.4. The molecule has 0 radical (unpaired) electrons. The second-order valence-corrected chi connectivity index (χ2v) is 7.37. The number of amides is 1. The minimum absolute atomic E-state index is 0.0255. The number of hydrogen-bond donors (Lipinski definition) is 2. The molecule has 0 saturated heterocycles. The summed E-state index contributed by atoms with van der Waals surface area (Å²) in [6, 6.07) is 0. The van der Waals surface area contributed by atoms with Crippen molar-refractivity contribution in [3.63, 3.8) is 0 Å². The first-order valence-corrected chi connectivity index (χ1v) is 8.45. The van der Waals surface area contributed by atoms with Gasteiger partial charge >= 0.3 is 0 Å². The molecular weight excluding hydrogens is 264 g/mol. The quantitative estimate of drug-likeness (QED) is 0.759. The summed E-state index contributed by atoms with van der Waals surface area (Å²) in [6.45, 7) is 11.8. The highest BCUT2D eigenvalue weighted by Crippen LogP contribution is 2.38. The van der Waals surface area contributed by atoms with Gasteiger partial charge in [0.05, 0.1) is 5.60 Å². The Hall–Kier alpha value is -0.610. The Labute approximate surface area is 130 Å². The predicted octanol–water partition coefficient (Wildman–Crippen LogP) is 2.71. The van der Waals surface area contributed by atoms with Crippen LogP contribution in [0.25, 0.3) is 0 Å². The SMILES string of the molecule is CC(C)CNC(=O)C(C)OC1(CN)CCC(C(C)C)CC1. The van der Waals surface area contributed by atoms with E-state index in [2.05, 4.69) is 33.0 Å². The molecule has 1 saturated carbocycles. The van der Waals surface area contributed by atoms with E-state index in [4.69, 9.17) is 10.5 Å². The van der Waals surface area contributed by atoms with E-state index in [9.17, 15) is 4.79 Å². The highest BCUT2D eigenvalue weighted by Gasteiger charge is 2.38. The van der Waals surface area contributed by atoms with Crippen LogP contribution in [0.15, 0.2) is 0 Å². The van der Waals surface area contributed by atoms with Gasteiger partial charge in [-0.2, -0.15) is 0 Å². The smallest absolute Gasteiger partial charge is 0.248 e. The van der Waals surface area contributed by atoms with Gasteiger partial charge in [-0.3, -0.25) is 4.79 Å². The molecule has 0 aliphatic heterocycles. The van der Waals surface area contributed by atoms with Crippen LogP contribution in [0.5, 0.6) is 0 Å². The minimum atomic E-state index is -0.428. The van der Waals surface area contributed by atoms with Gasteiger partial charge in [-0.15, -0.1) is 0 Å². The summed E-state index contributed by atoms with van der Waals surface area (Å²) in [5.41, 5.74) is 5.67. The van der Waals surface area contributed by atoms with Crippen molar-refractivity contribution in [3.05, 3.63) is 0 Å². The molecule has 0 aromatic rings. The van der Waals surface area contributed by atoms with Gasteiger partial charge in [0.15, 0.2) is 0 Å². The summed E-state index contributed by atoms with van der Waals surface area (Å²) in [5, 5.41) is 2.94. The third-order valence-electron chi connectivity index (χ3n) is 4.74. The van der Waals surface area contributed by atoms with Crippen molar-refractivity contribution in [3.8, 4) is 0 Å². The molecule has 0 spiro atoms. The van der Waals surface area contributed by atoms with Gasteiger partial charge in [-0.25, -0.2) is 0 Å². The average Bonchev–Trinajstić information content (AvgIpc) is 2.45. The highest BCUT2D eigenvalue weighted by atomic mass is 16.5. The minimum Gasteiger partial charge on any atom is -0.361 e. The van der Waals surface area contributed by atoms with Crippen molar-refractivity contribution in [1.82, 2.24) is 5.32 Å². The maximum absolute atomic E-state index is 12.1. The van der Waals surface area contributed by atoms with Gasteiger partial charge < -0.3 is 15.8 Å². The highest BCUT2D eigenvalue weighted by molar-refractivity contribution is 5.80. The molecule has 0 bridgehead atoms. The van der Waals surface area contributed by atoms with Crippen LogP contribution >= 0.6 is 0 Å². The normalized spacial score (nSPS) is 27.9. The molecule has 1 amide bonds. The third-order valence-corrected chi connectivity index (χ3v) is 4.74. The topological polar surface area (TPSA) is 64.3 Å². The molecule has 3 N–H and O–H groups in total. The number of nitrogens with one attached hydrogen (secondary N) is 1. The molecule has 1 aliphatic carbocycles. The van der Waals surface area contributed by atoms with Gasteiger partial charge in [0.1, 0.15) is 6.10 Å². The lowest BCUT2D eigenvalue weighted by atomic mass is 9.74. The van der Waals surface area contributed by atoms with Crippen molar-refractivity contribution < 1.29 is 9.53 Å². The van der Waals surface area contributed by atoms with Crippen LogP contribution in [-0.2, 0) is 9.53 Å². The van der Waals surface area contributed by atoms with Crippen LogP contribution in [0.3, 0.4) is 0 Å². The largest absolute Gasteiger partial charge is 0.361 e. The Kier molecular flexibility index (Phi) is 7.14. The summed E-state index contributed by atoms with van der Waals surface area (Å²) in [4.78, 5) is 12.1. The second-order valence-electron chi connectivity index (χ2n) is 7.37. The van der Waals surface area contributed by atoms with Crippen LogP contribution in [-0.4, -0.2) is 30.7 Å². The Bertz CT molecular complexity index is 321. The first kappa shape index (κ1) is 18.4. The Balaban J connectivity index is 2.51. The van der Waals surface area contributed by atoms with E-state index in [1.807, 2.05) is 6.92 Å². The Morgan fingerprint density at radius 1 is 1.24 bits per heavy atom. The lowest BCUT2D eigenvalue weighted by Crippen LogP contribution is -2.49. The average molecular weight is 298 g/mol. The van der Waals surface area contributed by atoms with E-state index in [0.717, 1.165) is 31.6 Å². The predicted molar refractivity (Wildman–Crippen MR) is 87.0 cm³/mol. The summed E-state index contributed by atoms with van der Waals surface area (Å²) >= 11 is 0. The van der Waals surface area contributed by atoms with E-state index < -0.39 is 6.10 Å². The fourth-order valence-electron chi connectivity index (χ4n) is 3.08. The lowest BCUT2D eigenvalue weighted by Gasteiger charge is -2.41. The fourth-order valence-corrected chi connectivity index (χ4v) is 3.08. The summed E-state index contributed by atoms with van der Waals surface area (Å²) in [7, 11) is 0. The molecule has 1 atom stereocenters. The lowest BCUT2D eigenvalue weighted by molar-refractivity contribution is -0.151.